The van der Waals surface area contributed by atoms with Crippen molar-refractivity contribution in [2.75, 3.05) is 32.1 Å². The normalized spacial score (nSPS) is 15.4. The van der Waals surface area contributed by atoms with Gasteiger partial charge in [-0.2, -0.15) is 0 Å². The van der Waals surface area contributed by atoms with Gasteiger partial charge in [0, 0.05) is 42.6 Å². The van der Waals surface area contributed by atoms with E-state index in [1.807, 2.05) is 43.3 Å². The number of amides is 1. The SMILES string of the molecule is CN(C)c1ccc(C=C2C(=O)N(CCc3cccs3)C(=S)N2CCc2cccs2)cc1. The Morgan fingerprint density at radius 2 is 1.48 bits per heavy atom. The lowest BCUT2D eigenvalue weighted by Crippen LogP contribution is -2.34. The predicted molar refractivity (Wildman–Crippen MR) is 136 cm³/mol. The number of hydrogen-bond acceptors (Lipinski definition) is 5. The second kappa shape index (κ2) is 9.77. The molecule has 3 heterocycles. The molecule has 1 saturated heterocycles. The van der Waals surface area contributed by atoms with Gasteiger partial charge in [-0.05, 0) is 71.7 Å². The Balaban J connectivity index is 1.58. The molecule has 0 radical (unpaired) electrons. The summed E-state index contributed by atoms with van der Waals surface area (Å²) in [4.78, 5) is 21.7. The first kappa shape index (κ1) is 21.7. The molecule has 1 aliphatic rings. The Bertz CT molecular complexity index is 1050. The van der Waals surface area contributed by atoms with Crippen LogP contribution >= 0.6 is 34.9 Å². The maximum Gasteiger partial charge on any atom is 0.276 e. The highest BCUT2D eigenvalue weighted by Gasteiger charge is 2.37. The van der Waals surface area contributed by atoms with Gasteiger partial charge in [0.05, 0.1) is 0 Å². The van der Waals surface area contributed by atoms with E-state index in [0.29, 0.717) is 23.9 Å². The summed E-state index contributed by atoms with van der Waals surface area (Å²) in [6.45, 7) is 1.30. The van der Waals surface area contributed by atoms with Crippen LogP contribution in [0.15, 0.2) is 65.0 Å². The first-order chi connectivity index (χ1) is 15.0. The lowest BCUT2D eigenvalue weighted by Gasteiger charge is -2.20. The lowest BCUT2D eigenvalue weighted by atomic mass is 10.1. The van der Waals surface area contributed by atoms with Crippen molar-refractivity contribution in [3.05, 3.63) is 80.3 Å². The minimum Gasteiger partial charge on any atom is -0.378 e. The van der Waals surface area contributed by atoms with Gasteiger partial charge in [-0.1, -0.05) is 24.3 Å². The van der Waals surface area contributed by atoms with E-state index in [1.54, 1.807) is 27.6 Å². The van der Waals surface area contributed by atoms with Crippen molar-refractivity contribution >= 4 is 57.7 Å². The highest BCUT2D eigenvalue weighted by atomic mass is 32.1. The Morgan fingerprint density at radius 3 is 2.00 bits per heavy atom. The molecule has 31 heavy (non-hydrogen) atoms. The van der Waals surface area contributed by atoms with Crippen molar-refractivity contribution in [1.82, 2.24) is 9.80 Å². The molecular weight excluding hydrogens is 442 g/mol. The summed E-state index contributed by atoms with van der Waals surface area (Å²) in [6.07, 6.45) is 3.64. The number of carbonyl (C=O) groups excluding carboxylic acids is 1. The van der Waals surface area contributed by atoms with Gasteiger partial charge >= 0.3 is 0 Å². The molecule has 2 aromatic heterocycles. The maximum atomic E-state index is 13.4. The molecular formula is C24H25N3OS3. The standard InChI is InChI=1S/C24H25N3OS3/c1-25(2)19-9-7-18(8-10-19)17-22-23(28)27(14-12-21-6-4-16-31-21)24(29)26(22)13-11-20-5-3-15-30-20/h3-10,15-17H,11-14H2,1-2H3. The molecule has 160 valence electrons. The second-order valence-electron chi connectivity index (χ2n) is 7.57. The largest absolute Gasteiger partial charge is 0.378 e. The van der Waals surface area contributed by atoms with Crippen LogP contribution in [0, 0.1) is 0 Å². The van der Waals surface area contributed by atoms with E-state index in [9.17, 15) is 4.79 Å². The van der Waals surface area contributed by atoms with E-state index in [0.717, 1.165) is 24.1 Å². The Kier molecular flexibility index (Phi) is 6.85. The molecule has 0 N–H and O–H groups in total. The van der Waals surface area contributed by atoms with Gasteiger partial charge in [0.25, 0.3) is 5.91 Å². The zero-order chi connectivity index (χ0) is 21.8. The lowest BCUT2D eigenvalue weighted by molar-refractivity contribution is -0.122. The minimum atomic E-state index is -0.00979. The topological polar surface area (TPSA) is 26.8 Å². The average Bonchev–Trinajstić information content (AvgIpc) is 3.50. The van der Waals surface area contributed by atoms with Crippen LogP contribution in [-0.4, -0.2) is 48.0 Å². The van der Waals surface area contributed by atoms with Gasteiger partial charge in [0.15, 0.2) is 5.11 Å². The van der Waals surface area contributed by atoms with Crippen molar-refractivity contribution in [1.29, 1.82) is 0 Å². The van der Waals surface area contributed by atoms with E-state index in [1.165, 1.54) is 9.75 Å². The number of rotatable bonds is 8. The quantitative estimate of drug-likeness (QED) is 0.339. The Hall–Kier alpha value is -2.48. The predicted octanol–water partition coefficient (Wildman–Crippen LogP) is 5.13. The number of thiocarbonyl (C=S) groups is 1. The Morgan fingerprint density at radius 1 is 0.903 bits per heavy atom. The molecule has 1 amide bonds. The molecule has 1 fully saturated rings. The first-order valence-corrected chi connectivity index (χ1v) is 12.4. The number of hydrogen-bond donors (Lipinski definition) is 0. The highest BCUT2D eigenvalue weighted by molar-refractivity contribution is 7.80. The summed E-state index contributed by atoms with van der Waals surface area (Å²) < 4.78 is 0. The fraction of sp³-hybridized carbons (Fsp3) is 0.250. The number of thiophene rings is 2. The molecule has 0 bridgehead atoms. The van der Waals surface area contributed by atoms with Gasteiger partial charge in [-0.3, -0.25) is 9.69 Å². The van der Waals surface area contributed by atoms with Crippen molar-refractivity contribution < 1.29 is 4.79 Å². The summed E-state index contributed by atoms with van der Waals surface area (Å²) in [7, 11) is 4.04. The van der Waals surface area contributed by atoms with Crippen molar-refractivity contribution in [3.63, 3.8) is 0 Å². The summed E-state index contributed by atoms with van der Waals surface area (Å²) >= 11 is 9.22. The fourth-order valence-corrected chi connectivity index (χ4v) is 5.28. The molecule has 1 aliphatic heterocycles. The number of anilines is 1. The molecule has 0 atom stereocenters. The van der Waals surface area contributed by atoms with Crippen LogP contribution in [0.25, 0.3) is 6.08 Å². The minimum absolute atomic E-state index is 0.00979. The van der Waals surface area contributed by atoms with Crippen molar-refractivity contribution in [2.45, 2.75) is 12.8 Å². The van der Waals surface area contributed by atoms with Crippen LogP contribution in [0.5, 0.6) is 0 Å². The summed E-state index contributed by atoms with van der Waals surface area (Å²) in [5.41, 5.74) is 2.78. The number of carbonyl (C=O) groups is 1. The summed E-state index contributed by atoms with van der Waals surface area (Å²) in [5.74, 6) is -0.00979. The fourth-order valence-electron chi connectivity index (χ4n) is 3.52. The third kappa shape index (κ3) is 5.06. The van der Waals surface area contributed by atoms with E-state index < -0.39 is 0 Å². The van der Waals surface area contributed by atoms with E-state index in [2.05, 4.69) is 46.0 Å². The van der Waals surface area contributed by atoms with Crippen LogP contribution in [-0.2, 0) is 17.6 Å². The summed E-state index contributed by atoms with van der Waals surface area (Å²) in [6, 6.07) is 16.6. The molecule has 0 aliphatic carbocycles. The molecule has 1 aromatic carbocycles. The van der Waals surface area contributed by atoms with E-state index in [4.69, 9.17) is 12.2 Å². The Labute approximate surface area is 197 Å². The molecule has 0 unspecified atom stereocenters. The van der Waals surface area contributed by atoms with Crippen molar-refractivity contribution in [2.24, 2.45) is 0 Å². The van der Waals surface area contributed by atoms with Crippen LogP contribution in [0.1, 0.15) is 15.3 Å². The van der Waals surface area contributed by atoms with E-state index in [-0.39, 0.29) is 5.91 Å². The third-order valence-electron chi connectivity index (χ3n) is 5.25. The van der Waals surface area contributed by atoms with Gasteiger partial charge < -0.3 is 9.80 Å². The van der Waals surface area contributed by atoms with Gasteiger partial charge in [-0.15, -0.1) is 22.7 Å². The smallest absolute Gasteiger partial charge is 0.276 e. The van der Waals surface area contributed by atoms with Crippen LogP contribution in [0.4, 0.5) is 5.69 Å². The monoisotopic (exact) mass is 467 g/mol. The highest BCUT2D eigenvalue weighted by Crippen LogP contribution is 2.26. The van der Waals surface area contributed by atoms with Crippen molar-refractivity contribution in [3.8, 4) is 0 Å². The maximum absolute atomic E-state index is 13.4. The summed E-state index contributed by atoms with van der Waals surface area (Å²) in [5, 5.41) is 4.75. The second-order valence-corrected chi connectivity index (χ2v) is 9.99. The van der Waals surface area contributed by atoms with Gasteiger partial charge in [0.1, 0.15) is 5.70 Å². The van der Waals surface area contributed by atoms with Gasteiger partial charge in [0.2, 0.25) is 0 Å². The van der Waals surface area contributed by atoms with Crippen LogP contribution < -0.4 is 4.90 Å². The molecule has 7 heteroatoms. The third-order valence-corrected chi connectivity index (χ3v) is 7.57. The molecule has 4 rings (SSSR count). The number of benzene rings is 1. The zero-order valence-electron chi connectivity index (χ0n) is 17.7. The average molecular weight is 468 g/mol. The molecule has 4 nitrogen and oxygen atoms in total. The van der Waals surface area contributed by atoms with Crippen LogP contribution in [0.3, 0.4) is 0 Å². The molecule has 0 saturated carbocycles. The van der Waals surface area contributed by atoms with E-state index >= 15 is 0 Å². The zero-order valence-corrected chi connectivity index (χ0v) is 20.1. The van der Waals surface area contributed by atoms with Crippen LogP contribution in [0.2, 0.25) is 0 Å². The molecule has 0 spiro atoms. The first-order valence-electron chi connectivity index (χ1n) is 10.2. The van der Waals surface area contributed by atoms with Gasteiger partial charge in [-0.25, -0.2) is 0 Å². The number of nitrogens with zero attached hydrogens (tertiary/aromatic N) is 3. The molecule has 3 aromatic rings.